The number of anilines is 2. The lowest BCUT2D eigenvalue weighted by Gasteiger charge is -1.89. The fourth-order valence-corrected chi connectivity index (χ4v) is 1.32. The zero-order chi connectivity index (χ0) is 11.1. The van der Waals surface area contributed by atoms with Crippen molar-refractivity contribution < 1.29 is 4.63 Å². The van der Waals surface area contributed by atoms with Crippen molar-refractivity contribution in [2.24, 2.45) is 0 Å². The number of hydrogen-bond donors (Lipinski definition) is 3. The SMILES string of the molecule is Nc1nonc1-c1nc2ncnc(N)c2[nH]1. The predicted octanol–water partition coefficient (Wildman–Crippen LogP) is -0.433. The predicted molar refractivity (Wildman–Crippen MR) is 53.8 cm³/mol. The van der Waals surface area contributed by atoms with E-state index in [1.54, 1.807) is 0 Å². The molecule has 80 valence electrons. The van der Waals surface area contributed by atoms with E-state index in [2.05, 4.69) is 34.9 Å². The Morgan fingerprint density at radius 1 is 1.12 bits per heavy atom. The molecule has 0 atom stereocenters. The molecule has 0 aliphatic carbocycles. The number of aromatic amines is 1. The highest BCUT2D eigenvalue weighted by atomic mass is 16.6. The number of rotatable bonds is 1. The number of imidazole rings is 1. The summed E-state index contributed by atoms with van der Waals surface area (Å²) in [5.74, 6) is 0.838. The number of H-pyrrole nitrogens is 1. The second kappa shape index (κ2) is 2.89. The van der Waals surface area contributed by atoms with Gasteiger partial charge in [-0.15, -0.1) is 0 Å². The first kappa shape index (κ1) is 8.59. The van der Waals surface area contributed by atoms with Crippen LogP contribution in [-0.2, 0) is 0 Å². The van der Waals surface area contributed by atoms with Crippen molar-refractivity contribution in [3.63, 3.8) is 0 Å². The summed E-state index contributed by atoms with van der Waals surface area (Å²) < 4.78 is 4.47. The maximum absolute atomic E-state index is 5.65. The highest BCUT2D eigenvalue weighted by Gasteiger charge is 2.15. The number of nitrogen functional groups attached to an aromatic ring is 2. The van der Waals surface area contributed by atoms with Crippen LogP contribution in [0.4, 0.5) is 11.6 Å². The highest BCUT2D eigenvalue weighted by molar-refractivity contribution is 5.84. The average molecular weight is 218 g/mol. The summed E-state index contributed by atoms with van der Waals surface area (Å²) in [7, 11) is 0. The van der Waals surface area contributed by atoms with E-state index in [4.69, 9.17) is 11.5 Å². The van der Waals surface area contributed by atoms with Gasteiger partial charge in [0, 0.05) is 0 Å². The van der Waals surface area contributed by atoms with Crippen molar-refractivity contribution in [3.05, 3.63) is 6.33 Å². The van der Waals surface area contributed by atoms with Crippen molar-refractivity contribution in [3.8, 4) is 11.5 Å². The molecule has 3 aromatic rings. The van der Waals surface area contributed by atoms with Crippen LogP contribution in [0.2, 0.25) is 0 Å². The summed E-state index contributed by atoms with van der Waals surface area (Å²) in [5, 5.41) is 7.07. The van der Waals surface area contributed by atoms with Crippen molar-refractivity contribution in [1.29, 1.82) is 0 Å². The molecule has 0 aliphatic rings. The molecule has 9 nitrogen and oxygen atoms in total. The molecule has 0 radical (unpaired) electrons. The molecule has 0 unspecified atom stereocenters. The maximum atomic E-state index is 5.65. The molecule has 0 aliphatic heterocycles. The van der Waals surface area contributed by atoms with Gasteiger partial charge in [0.2, 0.25) is 0 Å². The van der Waals surface area contributed by atoms with Crippen LogP contribution in [-0.4, -0.2) is 30.2 Å². The smallest absolute Gasteiger partial charge is 0.199 e. The quantitative estimate of drug-likeness (QED) is 0.498. The van der Waals surface area contributed by atoms with Crippen LogP contribution in [0.5, 0.6) is 0 Å². The second-order valence-electron chi connectivity index (χ2n) is 3.04. The van der Waals surface area contributed by atoms with Crippen molar-refractivity contribution in [2.75, 3.05) is 11.5 Å². The minimum absolute atomic E-state index is 0.144. The Balaban J connectivity index is 2.27. The van der Waals surface area contributed by atoms with Gasteiger partial charge in [-0.1, -0.05) is 0 Å². The van der Waals surface area contributed by atoms with E-state index in [9.17, 15) is 0 Å². The van der Waals surface area contributed by atoms with Gasteiger partial charge in [-0.25, -0.2) is 19.6 Å². The lowest BCUT2D eigenvalue weighted by molar-refractivity contribution is 0.310. The Hall–Kier alpha value is -2.71. The van der Waals surface area contributed by atoms with Gasteiger partial charge in [0.25, 0.3) is 0 Å². The first-order valence-corrected chi connectivity index (χ1v) is 4.30. The third-order valence-corrected chi connectivity index (χ3v) is 2.06. The Morgan fingerprint density at radius 2 is 2.00 bits per heavy atom. The molecule has 3 heterocycles. The molecule has 0 aromatic carbocycles. The van der Waals surface area contributed by atoms with Gasteiger partial charge in [0.1, 0.15) is 11.8 Å². The number of nitrogens with one attached hydrogen (secondary N) is 1. The van der Waals surface area contributed by atoms with Crippen molar-refractivity contribution in [2.45, 2.75) is 0 Å². The van der Waals surface area contributed by atoms with Gasteiger partial charge in [0.15, 0.2) is 28.8 Å². The molecule has 0 saturated carbocycles. The van der Waals surface area contributed by atoms with E-state index >= 15 is 0 Å². The van der Waals surface area contributed by atoms with Crippen molar-refractivity contribution >= 4 is 22.8 Å². The number of aromatic nitrogens is 6. The van der Waals surface area contributed by atoms with Crippen molar-refractivity contribution in [1.82, 2.24) is 30.2 Å². The summed E-state index contributed by atoms with van der Waals surface area (Å²) >= 11 is 0. The molecule has 9 heteroatoms. The zero-order valence-electron chi connectivity index (χ0n) is 7.88. The number of nitrogens with two attached hydrogens (primary N) is 2. The second-order valence-corrected chi connectivity index (χ2v) is 3.04. The molecule has 0 bridgehead atoms. The fraction of sp³-hybridized carbons (Fsp3) is 0. The van der Waals surface area contributed by atoms with Crippen LogP contribution in [0.25, 0.3) is 22.7 Å². The first-order chi connectivity index (χ1) is 7.75. The Labute approximate surface area is 87.9 Å². The van der Waals surface area contributed by atoms with E-state index in [0.29, 0.717) is 28.5 Å². The van der Waals surface area contributed by atoms with Gasteiger partial charge >= 0.3 is 0 Å². The maximum Gasteiger partial charge on any atom is 0.199 e. The minimum Gasteiger partial charge on any atom is -0.382 e. The third kappa shape index (κ3) is 1.08. The molecular formula is C7H6N8O. The summed E-state index contributed by atoms with van der Waals surface area (Å²) in [6.07, 6.45) is 1.33. The van der Waals surface area contributed by atoms with Crippen LogP contribution >= 0.6 is 0 Å². The van der Waals surface area contributed by atoms with Crippen LogP contribution < -0.4 is 11.5 Å². The summed E-state index contributed by atoms with van der Waals surface area (Å²) in [6, 6.07) is 0. The molecule has 0 fully saturated rings. The van der Waals surface area contributed by atoms with Crippen LogP contribution in [0.1, 0.15) is 0 Å². The van der Waals surface area contributed by atoms with E-state index in [-0.39, 0.29) is 5.82 Å². The monoisotopic (exact) mass is 218 g/mol. The number of hydrogen-bond acceptors (Lipinski definition) is 8. The molecule has 3 rings (SSSR count). The summed E-state index contributed by atoms with van der Waals surface area (Å²) in [6.45, 7) is 0. The van der Waals surface area contributed by atoms with E-state index in [1.807, 2.05) is 0 Å². The average Bonchev–Trinajstić information content (AvgIpc) is 2.84. The van der Waals surface area contributed by atoms with E-state index < -0.39 is 0 Å². The first-order valence-electron chi connectivity index (χ1n) is 4.30. The molecule has 5 N–H and O–H groups in total. The molecular weight excluding hydrogens is 212 g/mol. The van der Waals surface area contributed by atoms with Crippen LogP contribution in [0.15, 0.2) is 11.0 Å². The lowest BCUT2D eigenvalue weighted by Crippen LogP contribution is -1.92. The van der Waals surface area contributed by atoms with Crippen LogP contribution in [0, 0.1) is 0 Å². The van der Waals surface area contributed by atoms with Gasteiger partial charge in [-0.05, 0) is 10.3 Å². The van der Waals surface area contributed by atoms with E-state index in [1.165, 1.54) is 6.33 Å². The molecule has 0 saturated heterocycles. The molecule has 0 spiro atoms. The summed E-state index contributed by atoms with van der Waals surface area (Å²) in [5.41, 5.74) is 12.5. The standard InChI is InChI=1S/C7H6N8O/c8-4-2-6(11-1-10-4)13-7(12-2)3-5(9)15-16-14-3/h1H,(H2,9,15)(H3,8,10,11,12,13). The Bertz CT molecular complexity index is 655. The minimum atomic E-state index is 0.144. The topological polar surface area (TPSA) is 145 Å². The van der Waals surface area contributed by atoms with Gasteiger partial charge in [-0.3, -0.25) is 0 Å². The largest absolute Gasteiger partial charge is 0.382 e. The summed E-state index contributed by atoms with van der Waals surface area (Å²) in [4.78, 5) is 14.8. The highest BCUT2D eigenvalue weighted by Crippen LogP contribution is 2.22. The molecule has 3 aromatic heterocycles. The third-order valence-electron chi connectivity index (χ3n) is 2.06. The van der Waals surface area contributed by atoms with Crippen LogP contribution in [0.3, 0.4) is 0 Å². The number of fused-ring (bicyclic) bond motifs is 1. The Kier molecular flexibility index (Phi) is 1.55. The van der Waals surface area contributed by atoms with Gasteiger partial charge in [0.05, 0.1) is 0 Å². The Morgan fingerprint density at radius 3 is 2.69 bits per heavy atom. The fourth-order valence-electron chi connectivity index (χ4n) is 1.32. The molecule has 0 amide bonds. The van der Waals surface area contributed by atoms with Gasteiger partial charge < -0.3 is 16.5 Å². The normalized spacial score (nSPS) is 11.0. The van der Waals surface area contributed by atoms with E-state index in [0.717, 1.165) is 0 Å². The number of nitrogens with zero attached hydrogens (tertiary/aromatic N) is 5. The molecule has 16 heavy (non-hydrogen) atoms. The zero-order valence-corrected chi connectivity index (χ0v) is 7.88. The lowest BCUT2D eigenvalue weighted by atomic mass is 10.4. The van der Waals surface area contributed by atoms with Gasteiger partial charge in [-0.2, -0.15) is 0 Å².